The first-order valence-corrected chi connectivity index (χ1v) is 7.38. The Kier molecular flexibility index (Phi) is 3.75. The lowest BCUT2D eigenvalue weighted by atomic mass is 9.91. The second-order valence-electron chi connectivity index (χ2n) is 4.91. The zero-order valence-electron chi connectivity index (χ0n) is 11.1. The van der Waals surface area contributed by atoms with Gasteiger partial charge >= 0.3 is 0 Å². The van der Waals surface area contributed by atoms with Gasteiger partial charge in [0.05, 0.1) is 5.92 Å². The Morgan fingerprint density at radius 3 is 2.67 bits per heavy atom. The van der Waals surface area contributed by atoms with E-state index in [2.05, 4.69) is 20.9 Å². The Morgan fingerprint density at radius 2 is 1.95 bits per heavy atom. The number of nitrogens with one attached hydrogen (secondary N) is 1. The molecule has 0 saturated heterocycles. The van der Waals surface area contributed by atoms with Crippen LogP contribution < -0.4 is 0 Å². The number of hydrogen-bond donors (Lipinski definition) is 1. The van der Waals surface area contributed by atoms with Crippen molar-refractivity contribution >= 4 is 26.8 Å². The minimum atomic E-state index is -0.260. The number of aromatic amines is 1. The summed E-state index contributed by atoms with van der Waals surface area (Å²) in [6, 6.07) is 15.5. The van der Waals surface area contributed by atoms with Crippen LogP contribution in [0, 0.1) is 10.1 Å². The van der Waals surface area contributed by atoms with Crippen molar-refractivity contribution in [3.05, 3.63) is 80.4 Å². The third-order valence-electron chi connectivity index (χ3n) is 3.58. The summed E-state index contributed by atoms with van der Waals surface area (Å²) < 4.78 is 0.962. The van der Waals surface area contributed by atoms with Gasteiger partial charge in [-0.1, -0.05) is 46.3 Å². The van der Waals surface area contributed by atoms with Gasteiger partial charge in [-0.05, 0) is 29.3 Å². The monoisotopic (exact) mass is 344 g/mol. The quantitative estimate of drug-likeness (QED) is 0.565. The Morgan fingerprint density at radius 1 is 1.19 bits per heavy atom. The summed E-state index contributed by atoms with van der Waals surface area (Å²) in [6.07, 6.45) is 1.87. The fourth-order valence-electron chi connectivity index (χ4n) is 2.62. The Bertz CT molecular complexity index is 783. The second kappa shape index (κ2) is 5.69. The number of benzene rings is 2. The molecule has 1 atom stereocenters. The zero-order chi connectivity index (χ0) is 14.8. The van der Waals surface area contributed by atoms with Crippen LogP contribution >= 0.6 is 15.9 Å². The molecule has 0 saturated carbocycles. The van der Waals surface area contributed by atoms with E-state index in [0.717, 1.165) is 26.5 Å². The van der Waals surface area contributed by atoms with Crippen LogP contribution in [0.25, 0.3) is 10.9 Å². The van der Waals surface area contributed by atoms with Crippen LogP contribution in [0.3, 0.4) is 0 Å². The third kappa shape index (κ3) is 2.83. The van der Waals surface area contributed by atoms with E-state index in [4.69, 9.17) is 0 Å². The van der Waals surface area contributed by atoms with Gasteiger partial charge in [0.25, 0.3) is 0 Å². The predicted molar refractivity (Wildman–Crippen MR) is 86.1 cm³/mol. The lowest BCUT2D eigenvalue weighted by Crippen LogP contribution is -2.13. The predicted octanol–water partition coefficient (Wildman–Crippen LogP) is 4.34. The molecule has 0 aliphatic carbocycles. The molecular weight excluding hydrogens is 332 g/mol. The molecule has 106 valence electrons. The van der Waals surface area contributed by atoms with Crippen LogP contribution in [0.2, 0.25) is 0 Å². The van der Waals surface area contributed by atoms with E-state index in [-0.39, 0.29) is 17.4 Å². The van der Waals surface area contributed by atoms with Crippen molar-refractivity contribution in [3.63, 3.8) is 0 Å². The molecular formula is C16H13BrN2O2. The molecule has 1 heterocycles. The highest BCUT2D eigenvalue weighted by molar-refractivity contribution is 9.10. The van der Waals surface area contributed by atoms with Crippen LogP contribution in [0.5, 0.6) is 0 Å². The molecule has 21 heavy (non-hydrogen) atoms. The summed E-state index contributed by atoms with van der Waals surface area (Å²) in [6.45, 7) is -0.122. The lowest BCUT2D eigenvalue weighted by Gasteiger charge is -2.12. The van der Waals surface area contributed by atoms with Gasteiger partial charge in [0.1, 0.15) is 0 Å². The van der Waals surface area contributed by atoms with Crippen LogP contribution in [0.1, 0.15) is 17.0 Å². The van der Waals surface area contributed by atoms with Crippen LogP contribution in [0.15, 0.2) is 59.2 Å². The normalized spacial score (nSPS) is 12.4. The molecule has 5 heteroatoms. The Labute approximate surface area is 130 Å². The number of rotatable bonds is 4. The standard InChI is InChI=1S/C16H13BrN2O2/c17-12-6-7-16-13(8-12)14(9-18-16)15(10-19(20)21)11-4-2-1-3-5-11/h1-9,15,18H,10H2. The lowest BCUT2D eigenvalue weighted by molar-refractivity contribution is -0.481. The van der Waals surface area contributed by atoms with Crippen LogP contribution in [-0.2, 0) is 0 Å². The van der Waals surface area contributed by atoms with Crippen LogP contribution in [0.4, 0.5) is 0 Å². The Balaban J connectivity index is 2.14. The second-order valence-corrected chi connectivity index (χ2v) is 5.83. The van der Waals surface area contributed by atoms with E-state index in [1.807, 2.05) is 54.7 Å². The minimum Gasteiger partial charge on any atom is -0.361 e. The average molecular weight is 345 g/mol. The smallest absolute Gasteiger partial charge is 0.214 e. The number of aromatic nitrogens is 1. The molecule has 0 aliphatic heterocycles. The molecule has 1 unspecified atom stereocenters. The first-order valence-electron chi connectivity index (χ1n) is 6.58. The highest BCUT2D eigenvalue weighted by Gasteiger charge is 2.23. The fraction of sp³-hybridized carbons (Fsp3) is 0.125. The van der Waals surface area contributed by atoms with Gasteiger partial charge in [0, 0.05) is 26.5 Å². The van der Waals surface area contributed by atoms with E-state index < -0.39 is 0 Å². The maximum absolute atomic E-state index is 11.1. The van der Waals surface area contributed by atoms with Crippen molar-refractivity contribution in [3.8, 4) is 0 Å². The van der Waals surface area contributed by atoms with Crippen molar-refractivity contribution < 1.29 is 4.92 Å². The molecule has 0 aliphatic rings. The molecule has 3 aromatic rings. The van der Waals surface area contributed by atoms with Crippen molar-refractivity contribution in [2.24, 2.45) is 0 Å². The summed E-state index contributed by atoms with van der Waals surface area (Å²) in [5, 5.41) is 12.1. The molecule has 1 aromatic heterocycles. The first-order chi connectivity index (χ1) is 10.1. The maximum atomic E-state index is 11.1. The van der Waals surface area contributed by atoms with Gasteiger partial charge in [0.2, 0.25) is 6.54 Å². The summed E-state index contributed by atoms with van der Waals surface area (Å²) in [7, 11) is 0. The summed E-state index contributed by atoms with van der Waals surface area (Å²) in [5.41, 5.74) is 2.89. The van der Waals surface area contributed by atoms with Gasteiger partial charge in [0.15, 0.2) is 0 Å². The van der Waals surface area contributed by atoms with E-state index in [1.165, 1.54) is 0 Å². The van der Waals surface area contributed by atoms with E-state index >= 15 is 0 Å². The zero-order valence-corrected chi connectivity index (χ0v) is 12.7. The number of halogens is 1. The maximum Gasteiger partial charge on any atom is 0.214 e. The van der Waals surface area contributed by atoms with E-state index in [9.17, 15) is 10.1 Å². The van der Waals surface area contributed by atoms with Gasteiger partial charge in [-0.25, -0.2) is 0 Å². The number of nitrogens with zero attached hydrogens (tertiary/aromatic N) is 1. The van der Waals surface area contributed by atoms with E-state index in [0.29, 0.717) is 0 Å². The van der Waals surface area contributed by atoms with Crippen molar-refractivity contribution in [1.82, 2.24) is 4.98 Å². The van der Waals surface area contributed by atoms with Gasteiger partial charge in [-0.3, -0.25) is 10.1 Å². The minimum absolute atomic E-state index is 0.122. The summed E-state index contributed by atoms with van der Waals surface area (Å²) in [5.74, 6) is -0.260. The topological polar surface area (TPSA) is 58.9 Å². The SMILES string of the molecule is O=[N+]([O-])CC(c1ccccc1)c1c[nH]c2ccc(Br)cc12. The van der Waals surface area contributed by atoms with Crippen LogP contribution in [-0.4, -0.2) is 16.5 Å². The Hall–Kier alpha value is -2.14. The van der Waals surface area contributed by atoms with E-state index in [1.54, 1.807) is 0 Å². The molecule has 0 amide bonds. The van der Waals surface area contributed by atoms with Gasteiger partial charge in [-0.2, -0.15) is 0 Å². The highest BCUT2D eigenvalue weighted by atomic mass is 79.9. The number of H-pyrrole nitrogens is 1. The number of fused-ring (bicyclic) bond motifs is 1. The summed E-state index contributed by atoms with van der Waals surface area (Å²) in [4.78, 5) is 14.0. The molecule has 0 radical (unpaired) electrons. The number of nitro groups is 1. The molecule has 0 bridgehead atoms. The number of hydrogen-bond acceptors (Lipinski definition) is 2. The molecule has 3 rings (SSSR count). The van der Waals surface area contributed by atoms with Crippen molar-refractivity contribution in [1.29, 1.82) is 0 Å². The average Bonchev–Trinajstić information content (AvgIpc) is 2.88. The molecule has 0 spiro atoms. The fourth-order valence-corrected chi connectivity index (χ4v) is 2.98. The highest BCUT2D eigenvalue weighted by Crippen LogP contribution is 2.32. The molecule has 4 nitrogen and oxygen atoms in total. The first kappa shape index (κ1) is 13.8. The van der Waals surface area contributed by atoms with Gasteiger partial charge < -0.3 is 4.98 Å². The summed E-state index contributed by atoms with van der Waals surface area (Å²) >= 11 is 3.46. The third-order valence-corrected chi connectivity index (χ3v) is 4.08. The van der Waals surface area contributed by atoms with Crippen molar-refractivity contribution in [2.75, 3.05) is 6.54 Å². The van der Waals surface area contributed by atoms with Gasteiger partial charge in [-0.15, -0.1) is 0 Å². The van der Waals surface area contributed by atoms with Crippen molar-refractivity contribution in [2.45, 2.75) is 5.92 Å². The molecule has 0 fully saturated rings. The molecule has 1 N–H and O–H groups in total. The largest absolute Gasteiger partial charge is 0.361 e. The molecule has 2 aromatic carbocycles.